The highest BCUT2D eigenvalue weighted by Crippen LogP contribution is 2.29. The predicted octanol–water partition coefficient (Wildman–Crippen LogP) is 4.90. The monoisotopic (exact) mass is 614 g/mol. The van der Waals surface area contributed by atoms with Crippen molar-refractivity contribution in [2.45, 2.75) is 11.1 Å². The number of hydrogen-bond donors (Lipinski definition) is 4. The molecule has 5 rings (SSSR count). The maximum Gasteiger partial charge on any atom is 0.490 e. The summed E-state index contributed by atoms with van der Waals surface area (Å²) in [5.41, 5.74) is 4.20. The van der Waals surface area contributed by atoms with E-state index >= 15 is 0 Å². The van der Waals surface area contributed by atoms with Gasteiger partial charge in [-0.1, -0.05) is 24.3 Å². The summed E-state index contributed by atoms with van der Waals surface area (Å²) in [4.78, 5) is 24.4. The van der Waals surface area contributed by atoms with Crippen LogP contribution in [0.15, 0.2) is 90.0 Å². The van der Waals surface area contributed by atoms with Gasteiger partial charge in [0.2, 0.25) is 21.9 Å². The Morgan fingerprint density at radius 2 is 1.63 bits per heavy atom. The number of primary sulfonamides is 1. The Balaban J connectivity index is 0.000000541. The molecular weight excluding hydrogens is 589 g/mol. The van der Waals surface area contributed by atoms with Crippen molar-refractivity contribution in [3.63, 3.8) is 0 Å². The number of aromatic nitrogens is 4. The van der Waals surface area contributed by atoms with Crippen molar-refractivity contribution >= 4 is 61.8 Å². The number of rotatable bonds is 7. The van der Waals surface area contributed by atoms with Crippen LogP contribution in [0.2, 0.25) is 0 Å². The van der Waals surface area contributed by atoms with E-state index in [1.165, 1.54) is 12.1 Å². The molecule has 12 nitrogen and oxygen atoms in total. The van der Waals surface area contributed by atoms with E-state index in [0.29, 0.717) is 17.5 Å². The second-order valence-electron chi connectivity index (χ2n) is 8.96. The number of fused-ring (bicyclic) bond motifs is 1. The number of hydrogen-bond acceptors (Lipinski definition) is 9. The smallest absolute Gasteiger partial charge is 0.475 e. The van der Waals surface area contributed by atoms with Crippen molar-refractivity contribution in [2.75, 3.05) is 22.6 Å². The number of sulfonamides is 1. The Morgan fingerprint density at radius 3 is 2.28 bits per heavy atom. The first kappa shape index (κ1) is 30.7. The Kier molecular flexibility index (Phi) is 8.82. The molecule has 0 amide bonds. The van der Waals surface area contributed by atoms with Gasteiger partial charge in [0.05, 0.1) is 15.9 Å². The summed E-state index contributed by atoms with van der Waals surface area (Å²) in [6.07, 6.45) is -3.45. The average Bonchev–Trinajstić information content (AvgIpc) is 3.27. The van der Waals surface area contributed by atoms with Crippen LogP contribution in [-0.4, -0.2) is 52.2 Å². The summed E-state index contributed by atoms with van der Waals surface area (Å²) >= 11 is 0. The molecule has 0 saturated carbocycles. The summed E-state index contributed by atoms with van der Waals surface area (Å²) in [7, 11) is 0.0596. The number of carboxylic acids is 1. The van der Waals surface area contributed by atoms with Crippen molar-refractivity contribution in [3.05, 3.63) is 85.1 Å². The van der Waals surface area contributed by atoms with E-state index in [4.69, 9.17) is 20.0 Å². The molecule has 0 unspecified atom stereocenters. The molecule has 0 atom stereocenters. The maximum atomic E-state index is 11.6. The van der Waals surface area contributed by atoms with Crippen LogP contribution in [0.5, 0.6) is 0 Å². The van der Waals surface area contributed by atoms with E-state index in [1.807, 2.05) is 72.1 Å². The third-order valence-corrected chi connectivity index (χ3v) is 6.84. The summed E-state index contributed by atoms with van der Waals surface area (Å²) in [6.45, 7) is 0. The molecule has 0 aliphatic heterocycles. The fourth-order valence-electron chi connectivity index (χ4n) is 3.77. The van der Waals surface area contributed by atoms with Gasteiger partial charge in [0.15, 0.2) is 0 Å². The van der Waals surface area contributed by atoms with Crippen LogP contribution in [0.3, 0.4) is 0 Å². The van der Waals surface area contributed by atoms with E-state index in [2.05, 4.69) is 20.6 Å². The van der Waals surface area contributed by atoms with Crippen LogP contribution in [0.4, 0.5) is 47.9 Å². The minimum Gasteiger partial charge on any atom is -0.475 e. The molecule has 16 heteroatoms. The zero-order valence-corrected chi connectivity index (χ0v) is 23.4. The molecular formula is C27H25F3N8O4S. The van der Waals surface area contributed by atoms with Crippen LogP contribution in [0.25, 0.3) is 11.0 Å². The van der Waals surface area contributed by atoms with Crippen LogP contribution < -0.4 is 20.7 Å². The molecule has 0 fully saturated rings. The van der Waals surface area contributed by atoms with E-state index in [-0.39, 0.29) is 4.90 Å². The number of nitrogens with two attached hydrogens (primary N) is 1. The maximum absolute atomic E-state index is 11.6. The lowest BCUT2D eigenvalue weighted by Crippen LogP contribution is -2.21. The highest BCUT2D eigenvalue weighted by molar-refractivity contribution is 7.89. The third kappa shape index (κ3) is 7.75. The summed E-state index contributed by atoms with van der Waals surface area (Å²) < 4.78 is 57.0. The van der Waals surface area contributed by atoms with Gasteiger partial charge in [-0.2, -0.15) is 18.2 Å². The minimum absolute atomic E-state index is 0.00515. The zero-order valence-electron chi connectivity index (χ0n) is 22.6. The van der Waals surface area contributed by atoms with Gasteiger partial charge >= 0.3 is 12.1 Å². The van der Waals surface area contributed by atoms with Crippen LogP contribution in [0.1, 0.15) is 0 Å². The third-order valence-electron chi connectivity index (χ3n) is 5.93. The Bertz CT molecular complexity index is 1870. The van der Waals surface area contributed by atoms with Gasteiger partial charge in [-0.25, -0.2) is 28.3 Å². The van der Waals surface area contributed by atoms with Crippen LogP contribution in [-0.2, 0) is 21.9 Å². The van der Waals surface area contributed by atoms with Gasteiger partial charge in [0.25, 0.3) is 0 Å². The number of halogens is 3. The number of imidazole rings is 1. The molecule has 2 aromatic heterocycles. The number of aryl methyl sites for hydroxylation is 1. The number of aliphatic carboxylic acids is 1. The highest BCUT2D eigenvalue weighted by atomic mass is 32.2. The second-order valence-corrected chi connectivity index (χ2v) is 10.5. The van der Waals surface area contributed by atoms with Crippen molar-refractivity contribution < 1.29 is 31.5 Å². The van der Waals surface area contributed by atoms with E-state index < -0.39 is 22.2 Å². The Hall–Kier alpha value is -5.22. The molecule has 0 aliphatic rings. The molecule has 0 radical (unpaired) electrons. The number of nitrogens with zero attached hydrogens (tertiary/aromatic N) is 5. The molecule has 3 aromatic carbocycles. The fourth-order valence-corrected chi connectivity index (χ4v) is 4.33. The SMILES string of the molecule is CN(c1ccc2c(c1)nc(Nc1ccccc1)n2C)c1ccnc(Nc2cccc(S(N)(=O)=O)c2)n1.O=C(O)C(F)(F)F. The molecule has 224 valence electrons. The average molecular weight is 615 g/mol. The number of benzene rings is 3. The first-order chi connectivity index (χ1) is 20.2. The summed E-state index contributed by atoms with van der Waals surface area (Å²) in [5, 5.41) is 18.7. The van der Waals surface area contributed by atoms with Crippen molar-refractivity contribution in [2.24, 2.45) is 12.2 Å². The van der Waals surface area contributed by atoms with E-state index in [1.54, 1.807) is 24.4 Å². The molecule has 5 N–H and O–H groups in total. The predicted molar refractivity (Wildman–Crippen MR) is 155 cm³/mol. The standard InChI is InChI=1S/C25H24N8O2S.C2HF3O2/c1-32(23-13-14-27-24(31-23)28-18-9-6-10-20(15-18)36(26,34)35)19-11-12-22-21(16-19)30-25(33(22)2)29-17-7-4-3-5-8-17;3-2(4,5)1(6)7/h3-16H,1-2H3,(H,29,30)(H2,26,34,35)(H,27,28,31);(H,6,7). The lowest BCUT2D eigenvalue weighted by molar-refractivity contribution is -0.192. The number of anilines is 6. The minimum atomic E-state index is -5.08. The van der Waals surface area contributed by atoms with Crippen molar-refractivity contribution in [1.82, 2.24) is 19.5 Å². The number of carboxylic acid groups (broad SMARTS) is 1. The lowest BCUT2D eigenvalue weighted by atomic mass is 10.2. The Labute approximate surface area is 243 Å². The first-order valence-corrected chi connectivity index (χ1v) is 13.8. The largest absolute Gasteiger partial charge is 0.490 e. The normalized spacial score (nSPS) is 11.4. The number of para-hydroxylation sites is 1. The first-order valence-electron chi connectivity index (χ1n) is 12.3. The zero-order chi connectivity index (χ0) is 31.4. The Morgan fingerprint density at radius 1 is 0.953 bits per heavy atom. The van der Waals surface area contributed by atoms with E-state index in [9.17, 15) is 21.6 Å². The number of nitrogens with one attached hydrogen (secondary N) is 2. The number of alkyl halides is 3. The summed E-state index contributed by atoms with van der Waals surface area (Å²) in [5.74, 6) is -1.05. The van der Waals surface area contributed by atoms with Gasteiger partial charge in [0.1, 0.15) is 5.82 Å². The topological polar surface area (TPSA) is 168 Å². The van der Waals surface area contributed by atoms with Gasteiger partial charge in [0, 0.05) is 37.4 Å². The summed E-state index contributed by atoms with van der Waals surface area (Å²) in [6, 6.07) is 23.9. The molecule has 0 spiro atoms. The van der Waals surface area contributed by atoms with Crippen molar-refractivity contribution in [1.29, 1.82) is 0 Å². The van der Waals surface area contributed by atoms with Crippen LogP contribution >= 0.6 is 0 Å². The quantitative estimate of drug-likeness (QED) is 0.198. The van der Waals surface area contributed by atoms with Crippen molar-refractivity contribution in [3.8, 4) is 0 Å². The fraction of sp³-hybridized carbons (Fsp3) is 0.111. The molecule has 0 aliphatic carbocycles. The highest BCUT2D eigenvalue weighted by Gasteiger charge is 2.38. The molecule has 2 heterocycles. The molecule has 43 heavy (non-hydrogen) atoms. The van der Waals surface area contributed by atoms with E-state index in [0.717, 1.165) is 28.4 Å². The van der Waals surface area contributed by atoms with Crippen LogP contribution in [0, 0.1) is 0 Å². The second kappa shape index (κ2) is 12.3. The van der Waals surface area contributed by atoms with Gasteiger partial charge < -0.3 is 25.2 Å². The molecule has 0 saturated heterocycles. The van der Waals surface area contributed by atoms with Gasteiger partial charge in [-0.05, 0) is 54.6 Å². The molecule has 0 bridgehead atoms. The lowest BCUT2D eigenvalue weighted by Gasteiger charge is -2.19. The molecule has 5 aromatic rings. The van der Waals surface area contributed by atoms with Gasteiger partial charge in [-0.3, -0.25) is 0 Å². The van der Waals surface area contributed by atoms with Gasteiger partial charge in [-0.15, -0.1) is 0 Å². The number of carbonyl (C=O) groups is 1.